The molecular weight excluding hydrogens is 364 g/mol. The van der Waals surface area contributed by atoms with E-state index in [1.165, 1.54) is 0 Å². The van der Waals surface area contributed by atoms with Gasteiger partial charge in [-0.1, -0.05) is 85.1 Å². The Hall–Kier alpha value is -2.44. The fourth-order valence-corrected chi connectivity index (χ4v) is 3.43. The Morgan fingerprint density at radius 3 is 1.23 bits per heavy atom. The summed E-state index contributed by atoms with van der Waals surface area (Å²) in [4.78, 5) is 29.4. The van der Waals surface area contributed by atoms with E-state index in [1.807, 2.05) is 46.2 Å². The monoisotopic (exact) mass is 382 g/mol. The molecule has 1 saturated heterocycles. The number of piperazine rings is 1. The molecule has 0 spiro atoms. The Balaban J connectivity index is 1.59. The minimum atomic E-state index is -0.142. The molecule has 4 nitrogen and oxygen atoms in total. The second kappa shape index (κ2) is 8.29. The Morgan fingerprint density at radius 2 is 0.923 bits per heavy atom. The van der Waals surface area contributed by atoms with Gasteiger partial charge in [-0.2, -0.15) is 0 Å². The van der Waals surface area contributed by atoms with E-state index in [9.17, 15) is 9.59 Å². The van der Waals surface area contributed by atoms with Gasteiger partial charge < -0.3 is 9.80 Å². The first-order chi connectivity index (χ1) is 12.6. The summed E-state index contributed by atoms with van der Waals surface area (Å²) in [6.45, 7) is 2.28. The van der Waals surface area contributed by atoms with E-state index in [-0.39, 0.29) is 11.6 Å². The van der Waals surface area contributed by atoms with Crippen LogP contribution >= 0.6 is 24.4 Å². The Bertz CT molecular complexity index is 758. The summed E-state index contributed by atoms with van der Waals surface area (Å²) in [5, 5.41) is 0. The van der Waals surface area contributed by atoms with Crippen molar-refractivity contribution in [3.05, 3.63) is 71.8 Å². The van der Waals surface area contributed by atoms with Crippen LogP contribution in [0.5, 0.6) is 0 Å². The third kappa shape index (κ3) is 4.03. The molecule has 1 heterocycles. The van der Waals surface area contributed by atoms with E-state index in [0.29, 0.717) is 47.3 Å². The molecule has 0 amide bonds. The summed E-state index contributed by atoms with van der Waals surface area (Å²) in [5.41, 5.74) is 1.18. The van der Waals surface area contributed by atoms with Crippen molar-refractivity contribution in [3.63, 3.8) is 0 Å². The van der Waals surface area contributed by atoms with Gasteiger partial charge in [0, 0.05) is 37.3 Å². The normalized spacial score (nSPS) is 14.0. The van der Waals surface area contributed by atoms with Gasteiger partial charge in [0.1, 0.15) is 0 Å². The molecule has 0 N–H and O–H groups in total. The molecule has 2 aromatic rings. The van der Waals surface area contributed by atoms with Crippen molar-refractivity contribution in [2.24, 2.45) is 0 Å². The number of Topliss-reactive ketones (excluding diaryl/α,β-unsaturated/α-hetero) is 2. The molecule has 1 aliphatic heterocycles. The highest BCUT2D eigenvalue weighted by Crippen LogP contribution is 2.11. The predicted octanol–water partition coefficient (Wildman–Crippen LogP) is 3.02. The highest BCUT2D eigenvalue weighted by atomic mass is 32.1. The standard InChI is InChI=1S/C20H18N2O2S2/c23-17(15-7-3-1-4-8-15)19(25)21-11-13-22(14-12-21)20(26)18(24)16-9-5-2-6-10-16/h1-10H,11-14H2. The van der Waals surface area contributed by atoms with Gasteiger partial charge in [0.15, 0.2) is 9.98 Å². The quantitative estimate of drug-likeness (QED) is 0.598. The minimum absolute atomic E-state index is 0.142. The van der Waals surface area contributed by atoms with Crippen LogP contribution in [0.3, 0.4) is 0 Å². The van der Waals surface area contributed by atoms with Crippen LogP contribution < -0.4 is 0 Å². The van der Waals surface area contributed by atoms with Crippen molar-refractivity contribution >= 4 is 46.0 Å². The van der Waals surface area contributed by atoms with Crippen LogP contribution in [-0.4, -0.2) is 57.5 Å². The van der Waals surface area contributed by atoms with Crippen molar-refractivity contribution in [2.75, 3.05) is 26.2 Å². The topological polar surface area (TPSA) is 40.6 Å². The molecule has 26 heavy (non-hydrogen) atoms. The summed E-state index contributed by atoms with van der Waals surface area (Å²) in [7, 11) is 0. The van der Waals surface area contributed by atoms with Crippen LogP contribution in [0.15, 0.2) is 60.7 Å². The summed E-state index contributed by atoms with van der Waals surface area (Å²) in [6, 6.07) is 18.1. The zero-order valence-electron chi connectivity index (χ0n) is 14.1. The molecule has 0 saturated carbocycles. The summed E-state index contributed by atoms with van der Waals surface area (Å²) in [5.74, 6) is -0.283. The predicted molar refractivity (Wildman–Crippen MR) is 110 cm³/mol. The first-order valence-corrected chi connectivity index (χ1v) is 9.17. The molecule has 2 aromatic carbocycles. The lowest BCUT2D eigenvalue weighted by Crippen LogP contribution is -2.52. The van der Waals surface area contributed by atoms with Crippen molar-refractivity contribution < 1.29 is 9.59 Å². The number of hydrogen-bond donors (Lipinski definition) is 0. The second-order valence-electron chi connectivity index (χ2n) is 5.97. The summed E-state index contributed by atoms with van der Waals surface area (Å²) >= 11 is 10.7. The number of nitrogens with zero attached hydrogens (tertiary/aromatic N) is 2. The van der Waals surface area contributed by atoms with E-state index in [0.717, 1.165) is 0 Å². The highest BCUT2D eigenvalue weighted by Gasteiger charge is 2.27. The van der Waals surface area contributed by atoms with Gasteiger partial charge in [-0.15, -0.1) is 0 Å². The highest BCUT2D eigenvalue weighted by molar-refractivity contribution is 7.82. The third-order valence-electron chi connectivity index (χ3n) is 4.31. The van der Waals surface area contributed by atoms with Crippen molar-refractivity contribution in [2.45, 2.75) is 0 Å². The van der Waals surface area contributed by atoms with Gasteiger partial charge in [0.2, 0.25) is 11.6 Å². The van der Waals surface area contributed by atoms with Gasteiger partial charge in [-0.05, 0) is 0 Å². The number of thiocarbonyl (C=S) groups is 2. The Labute approximate surface area is 163 Å². The lowest BCUT2D eigenvalue weighted by atomic mass is 10.1. The average molecular weight is 383 g/mol. The molecule has 0 bridgehead atoms. The van der Waals surface area contributed by atoms with Crippen LogP contribution in [0.2, 0.25) is 0 Å². The lowest BCUT2D eigenvalue weighted by Gasteiger charge is -2.36. The van der Waals surface area contributed by atoms with E-state index in [1.54, 1.807) is 24.3 Å². The zero-order chi connectivity index (χ0) is 18.5. The minimum Gasteiger partial charge on any atom is -0.356 e. The molecule has 0 atom stereocenters. The fourth-order valence-electron chi connectivity index (χ4n) is 2.83. The third-order valence-corrected chi connectivity index (χ3v) is 5.20. The first-order valence-electron chi connectivity index (χ1n) is 8.35. The largest absolute Gasteiger partial charge is 0.356 e. The van der Waals surface area contributed by atoms with Crippen molar-refractivity contribution in [1.29, 1.82) is 0 Å². The molecule has 3 rings (SSSR count). The smallest absolute Gasteiger partial charge is 0.220 e. The summed E-state index contributed by atoms with van der Waals surface area (Å²) < 4.78 is 0. The van der Waals surface area contributed by atoms with Crippen LogP contribution in [0, 0.1) is 0 Å². The molecule has 1 fully saturated rings. The van der Waals surface area contributed by atoms with Crippen LogP contribution in [0.1, 0.15) is 20.7 Å². The van der Waals surface area contributed by atoms with Crippen molar-refractivity contribution in [1.82, 2.24) is 9.80 Å². The summed E-state index contributed by atoms with van der Waals surface area (Å²) in [6.07, 6.45) is 0. The zero-order valence-corrected chi connectivity index (χ0v) is 15.8. The van der Waals surface area contributed by atoms with Gasteiger partial charge in [-0.3, -0.25) is 9.59 Å². The Kier molecular flexibility index (Phi) is 5.85. The molecule has 132 valence electrons. The second-order valence-corrected chi connectivity index (χ2v) is 6.75. The molecule has 0 aromatic heterocycles. The first kappa shape index (κ1) is 18.4. The lowest BCUT2D eigenvalue weighted by molar-refractivity contribution is 0.103. The number of carbonyl (C=O) groups is 2. The van der Waals surface area contributed by atoms with Crippen LogP contribution in [0.25, 0.3) is 0 Å². The molecule has 0 aliphatic carbocycles. The van der Waals surface area contributed by atoms with E-state index in [4.69, 9.17) is 24.4 Å². The number of carbonyl (C=O) groups excluding carboxylic acids is 2. The van der Waals surface area contributed by atoms with Gasteiger partial charge in [0.05, 0.1) is 0 Å². The fraction of sp³-hybridized carbons (Fsp3) is 0.200. The maximum absolute atomic E-state index is 12.5. The number of benzene rings is 2. The molecule has 0 unspecified atom stereocenters. The van der Waals surface area contributed by atoms with E-state index in [2.05, 4.69) is 0 Å². The average Bonchev–Trinajstić information content (AvgIpc) is 2.73. The van der Waals surface area contributed by atoms with Gasteiger partial charge in [0.25, 0.3) is 0 Å². The van der Waals surface area contributed by atoms with Crippen molar-refractivity contribution in [3.8, 4) is 0 Å². The number of ketones is 2. The Morgan fingerprint density at radius 1 is 0.615 bits per heavy atom. The van der Waals surface area contributed by atoms with Crippen LogP contribution in [-0.2, 0) is 0 Å². The van der Waals surface area contributed by atoms with E-state index < -0.39 is 0 Å². The molecule has 1 aliphatic rings. The molecular formula is C20H18N2O2S2. The van der Waals surface area contributed by atoms with Gasteiger partial charge in [-0.25, -0.2) is 0 Å². The molecule has 0 radical (unpaired) electrons. The van der Waals surface area contributed by atoms with E-state index >= 15 is 0 Å². The SMILES string of the molecule is O=C(C(=S)N1CCN(C(=S)C(=O)c2ccccc2)CC1)c1ccccc1. The maximum atomic E-state index is 12.5. The maximum Gasteiger partial charge on any atom is 0.220 e. The number of rotatable bonds is 4. The molecule has 6 heteroatoms. The van der Waals surface area contributed by atoms with Crippen LogP contribution in [0.4, 0.5) is 0 Å². The van der Waals surface area contributed by atoms with Gasteiger partial charge >= 0.3 is 0 Å². The number of hydrogen-bond acceptors (Lipinski definition) is 4.